The van der Waals surface area contributed by atoms with E-state index in [1.165, 1.54) is 0 Å². The molecule has 2 rings (SSSR count). The second-order valence-electron chi connectivity index (χ2n) is 4.65. The van der Waals surface area contributed by atoms with Crippen molar-refractivity contribution in [1.82, 2.24) is 10.3 Å². The monoisotopic (exact) mass is 285 g/mol. The van der Waals surface area contributed by atoms with Crippen molar-refractivity contribution in [2.75, 3.05) is 6.61 Å². The van der Waals surface area contributed by atoms with Gasteiger partial charge in [0.1, 0.15) is 5.75 Å². The third-order valence-corrected chi connectivity index (χ3v) is 2.96. The smallest absolute Gasteiger partial charge is 0.258 e. The van der Waals surface area contributed by atoms with Crippen LogP contribution in [0.3, 0.4) is 0 Å². The van der Waals surface area contributed by atoms with Crippen molar-refractivity contribution in [3.63, 3.8) is 0 Å². The molecule has 3 N–H and O–H groups in total. The van der Waals surface area contributed by atoms with Gasteiger partial charge in [0.25, 0.3) is 5.91 Å². The number of benzene rings is 1. The maximum Gasteiger partial charge on any atom is 0.258 e. The topological polar surface area (TPSA) is 77.2 Å². The summed E-state index contributed by atoms with van der Waals surface area (Å²) in [6, 6.07) is 13.3. The van der Waals surface area contributed by atoms with E-state index in [0.29, 0.717) is 18.0 Å². The molecule has 0 radical (unpaired) electrons. The van der Waals surface area contributed by atoms with Crippen LogP contribution in [-0.4, -0.2) is 17.5 Å². The highest BCUT2D eigenvalue weighted by Gasteiger charge is 2.07. The summed E-state index contributed by atoms with van der Waals surface area (Å²) < 4.78 is 5.48. The number of nitrogens with two attached hydrogens (primary N) is 1. The fraction of sp³-hybridized carbons (Fsp3) is 0.250. The number of aryl methyl sites for hydroxylation is 1. The van der Waals surface area contributed by atoms with Crippen LogP contribution in [0.4, 0.5) is 0 Å². The zero-order valence-electron chi connectivity index (χ0n) is 12.0. The number of nitrogens with one attached hydrogen (secondary N) is 1. The van der Waals surface area contributed by atoms with Crippen molar-refractivity contribution in [3.05, 3.63) is 59.4 Å². The first-order valence-electron chi connectivity index (χ1n) is 6.79. The van der Waals surface area contributed by atoms with Crippen molar-refractivity contribution in [2.45, 2.75) is 20.0 Å². The van der Waals surface area contributed by atoms with Crippen molar-refractivity contribution < 1.29 is 9.53 Å². The Hall–Kier alpha value is -2.40. The highest BCUT2D eigenvalue weighted by atomic mass is 16.5. The first kappa shape index (κ1) is 15.0. The van der Waals surface area contributed by atoms with E-state index >= 15 is 0 Å². The number of nitrogens with zero attached hydrogens (tertiary/aromatic N) is 1. The minimum atomic E-state index is -0.178. The van der Waals surface area contributed by atoms with E-state index in [4.69, 9.17) is 10.5 Å². The largest absolute Gasteiger partial charge is 0.482 e. The molecule has 110 valence electrons. The van der Waals surface area contributed by atoms with Gasteiger partial charge in [-0.25, -0.2) is 0 Å². The molecular weight excluding hydrogens is 266 g/mol. The molecule has 0 fully saturated rings. The number of amides is 1. The number of carbonyl (C=O) groups excluding carboxylic acids is 1. The number of aromatic nitrogens is 1. The predicted octanol–water partition coefficient (Wildman–Crippen LogP) is 1.54. The summed E-state index contributed by atoms with van der Waals surface area (Å²) >= 11 is 0. The molecule has 0 aliphatic carbocycles. The van der Waals surface area contributed by atoms with Gasteiger partial charge in [0, 0.05) is 18.8 Å². The van der Waals surface area contributed by atoms with E-state index in [2.05, 4.69) is 10.3 Å². The minimum absolute atomic E-state index is 0.0510. The van der Waals surface area contributed by atoms with Crippen LogP contribution in [0, 0.1) is 6.92 Å². The molecule has 0 atom stereocenters. The average Bonchev–Trinajstić information content (AvgIpc) is 2.52. The Balaban J connectivity index is 1.84. The molecule has 0 saturated carbocycles. The zero-order valence-corrected chi connectivity index (χ0v) is 12.0. The number of carbonyl (C=O) groups is 1. The molecule has 0 spiro atoms. The maximum absolute atomic E-state index is 11.8. The number of ether oxygens (including phenoxy) is 1. The molecule has 0 aliphatic rings. The van der Waals surface area contributed by atoms with Crippen molar-refractivity contribution in [2.24, 2.45) is 5.73 Å². The summed E-state index contributed by atoms with van der Waals surface area (Å²) in [5.74, 6) is 0.375. The Morgan fingerprint density at radius 3 is 2.71 bits per heavy atom. The van der Waals surface area contributed by atoms with Gasteiger partial charge in [-0.05, 0) is 24.6 Å². The zero-order chi connectivity index (χ0) is 15.1. The van der Waals surface area contributed by atoms with Crippen LogP contribution in [0.1, 0.15) is 17.0 Å². The molecule has 1 aromatic carbocycles. The molecule has 5 heteroatoms. The quantitative estimate of drug-likeness (QED) is 0.844. The summed E-state index contributed by atoms with van der Waals surface area (Å²) in [5, 5.41) is 2.80. The summed E-state index contributed by atoms with van der Waals surface area (Å²) in [6.45, 7) is 2.60. The van der Waals surface area contributed by atoms with Crippen LogP contribution < -0.4 is 15.8 Å². The Kier molecular flexibility index (Phi) is 5.29. The standard InChI is InChI=1S/C16H19N3O2/c1-12-7-8-15(14(9-17)19-12)21-11-16(20)18-10-13-5-3-2-4-6-13/h2-8H,9-11,17H2,1H3,(H,18,20). The molecule has 21 heavy (non-hydrogen) atoms. The fourth-order valence-corrected chi connectivity index (χ4v) is 1.87. The SMILES string of the molecule is Cc1ccc(OCC(=O)NCc2ccccc2)c(CN)n1. The number of pyridine rings is 1. The van der Waals surface area contributed by atoms with Crippen LogP contribution in [0.15, 0.2) is 42.5 Å². The lowest BCUT2D eigenvalue weighted by Crippen LogP contribution is -2.28. The predicted molar refractivity (Wildman–Crippen MR) is 80.6 cm³/mol. The molecule has 1 amide bonds. The molecule has 2 aromatic rings. The van der Waals surface area contributed by atoms with Crippen molar-refractivity contribution in [3.8, 4) is 5.75 Å². The number of rotatable bonds is 6. The summed E-state index contributed by atoms with van der Waals surface area (Å²) in [5.41, 5.74) is 8.19. The van der Waals surface area contributed by atoms with Crippen LogP contribution in [0.2, 0.25) is 0 Å². The molecule has 5 nitrogen and oxygen atoms in total. The third kappa shape index (κ3) is 4.57. The van der Waals surface area contributed by atoms with Crippen molar-refractivity contribution in [1.29, 1.82) is 0 Å². The van der Waals surface area contributed by atoms with Gasteiger partial charge in [0.15, 0.2) is 6.61 Å². The van der Waals surface area contributed by atoms with E-state index < -0.39 is 0 Å². The van der Waals surface area contributed by atoms with E-state index in [9.17, 15) is 4.79 Å². The molecule has 0 aliphatic heterocycles. The third-order valence-electron chi connectivity index (χ3n) is 2.96. The molecule has 0 saturated heterocycles. The highest BCUT2D eigenvalue weighted by molar-refractivity contribution is 5.77. The molecule has 1 aromatic heterocycles. The molecule has 1 heterocycles. The van der Waals surface area contributed by atoms with Crippen LogP contribution >= 0.6 is 0 Å². The van der Waals surface area contributed by atoms with Crippen molar-refractivity contribution >= 4 is 5.91 Å². The van der Waals surface area contributed by atoms with E-state index in [1.54, 1.807) is 6.07 Å². The van der Waals surface area contributed by atoms with E-state index in [1.807, 2.05) is 43.3 Å². The normalized spacial score (nSPS) is 10.2. The van der Waals surface area contributed by atoms with Gasteiger partial charge in [0.2, 0.25) is 0 Å². The minimum Gasteiger partial charge on any atom is -0.482 e. The Morgan fingerprint density at radius 1 is 1.24 bits per heavy atom. The Bertz CT molecular complexity index is 600. The lowest BCUT2D eigenvalue weighted by Gasteiger charge is -2.10. The number of hydrogen-bond donors (Lipinski definition) is 2. The first-order chi connectivity index (χ1) is 10.2. The average molecular weight is 285 g/mol. The summed E-state index contributed by atoms with van der Waals surface area (Å²) in [7, 11) is 0. The maximum atomic E-state index is 11.8. The lowest BCUT2D eigenvalue weighted by atomic mass is 10.2. The van der Waals surface area contributed by atoms with Gasteiger partial charge < -0.3 is 15.8 Å². The van der Waals surface area contributed by atoms with Crippen LogP contribution in [0.5, 0.6) is 5.75 Å². The second-order valence-corrected chi connectivity index (χ2v) is 4.65. The first-order valence-corrected chi connectivity index (χ1v) is 6.79. The molecule has 0 bridgehead atoms. The lowest BCUT2D eigenvalue weighted by molar-refractivity contribution is -0.123. The van der Waals surface area contributed by atoms with Gasteiger partial charge in [-0.15, -0.1) is 0 Å². The van der Waals surface area contributed by atoms with Gasteiger partial charge in [0.05, 0.1) is 5.69 Å². The highest BCUT2D eigenvalue weighted by Crippen LogP contribution is 2.16. The van der Waals surface area contributed by atoms with Gasteiger partial charge in [-0.2, -0.15) is 0 Å². The van der Waals surface area contributed by atoms with Crippen LogP contribution in [-0.2, 0) is 17.9 Å². The van der Waals surface area contributed by atoms with Gasteiger partial charge >= 0.3 is 0 Å². The van der Waals surface area contributed by atoms with Crippen LogP contribution in [0.25, 0.3) is 0 Å². The Morgan fingerprint density at radius 2 is 2.00 bits per heavy atom. The van der Waals surface area contributed by atoms with Gasteiger partial charge in [-0.3, -0.25) is 9.78 Å². The van der Waals surface area contributed by atoms with E-state index in [0.717, 1.165) is 11.3 Å². The second kappa shape index (κ2) is 7.40. The van der Waals surface area contributed by atoms with Gasteiger partial charge in [-0.1, -0.05) is 30.3 Å². The molecule has 0 unspecified atom stereocenters. The molecular formula is C16H19N3O2. The fourth-order valence-electron chi connectivity index (χ4n) is 1.87. The summed E-state index contributed by atoms with van der Waals surface area (Å²) in [4.78, 5) is 16.0. The Labute approximate surface area is 124 Å². The number of hydrogen-bond acceptors (Lipinski definition) is 4. The van der Waals surface area contributed by atoms with E-state index in [-0.39, 0.29) is 19.1 Å². The summed E-state index contributed by atoms with van der Waals surface area (Å²) in [6.07, 6.45) is 0.